The van der Waals surface area contributed by atoms with Crippen LogP contribution >= 0.6 is 7.82 Å². The Bertz CT molecular complexity index is 594. The fraction of sp³-hybridized carbons (Fsp3) is 0.864. The third-order valence-corrected chi connectivity index (χ3v) is 5.31. The molecule has 0 bridgehead atoms. The van der Waals surface area contributed by atoms with Crippen molar-refractivity contribution in [3.63, 3.8) is 0 Å². The summed E-state index contributed by atoms with van der Waals surface area (Å²) in [5, 5.41) is 2.75. The number of phosphoric ester groups is 1. The van der Waals surface area contributed by atoms with E-state index in [4.69, 9.17) is 19.3 Å². The highest BCUT2D eigenvalue weighted by molar-refractivity contribution is 7.46. The van der Waals surface area contributed by atoms with E-state index >= 15 is 0 Å². The monoisotopic (exact) mass is 495 g/mol. The lowest BCUT2D eigenvalue weighted by Crippen LogP contribution is -2.29. The molecule has 0 fully saturated rings. The number of unbranched alkanes of at least 4 members (excludes halogenated alkanes) is 9. The van der Waals surface area contributed by atoms with Crippen LogP contribution in [0.25, 0.3) is 0 Å². The molecule has 0 unspecified atom stereocenters. The number of rotatable bonds is 21. The quantitative estimate of drug-likeness (QED) is 0.123. The fourth-order valence-corrected chi connectivity index (χ4v) is 3.40. The Hall–Kier alpha value is -1.48. The molecule has 0 aromatic carbocycles. The van der Waals surface area contributed by atoms with Crippen LogP contribution in [0.3, 0.4) is 0 Å². The number of carbonyl (C=O) groups excluding carboxylic acids is 3. The van der Waals surface area contributed by atoms with Gasteiger partial charge in [0.1, 0.15) is 6.61 Å². The summed E-state index contributed by atoms with van der Waals surface area (Å²) in [7, 11) is -4.74. The first kappa shape index (κ1) is 31.5. The van der Waals surface area contributed by atoms with E-state index < -0.39 is 32.5 Å². The van der Waals surface area contributed by atoms with E-state index in [9.17, 15) is 18.9 Å². The van der Waals surface area contributed by atoms with E-state index in [1.807, 2.05) is 0 Å². The van der Waals surface area contributed by atoms with Crippen molar-refractivity contribution >= 4 is 25.7 Å². The number of hydrogen-bond acceptors (Lipinski definition) is 7. The normalized spacial score (nSPS) is 12.2. The molecule has 10 nitrogen and oxygen atoms in total. The molecule has 0 spiro atoms. The first-order valence-electron chi connectivity index (χ1n) is 11.9. The molecule has 0 aromatic rings. The maximum absolute atomic E-state index is 12.0. The summed E-state index contributed by atoms with van der Waals surface area (Å²) >= 11 is 0. The Morgan fingerprint density at radius 2 is 1.36 bits per heavy atom. The number of esters is 2. The van der Waals surface area contributed by atoms with Gasteiger partial charge in [0.05, 0.1) is 6.61 Å². The Balaban J connectivity index is 4.10. The van der Waals surface area contributed by atoms with Crippen LogP contribution in [0, 0.1) is 0 Å². The number of hydrogen-bond donors (Lipinski definition) is 3. The highest BCUT2D eigenvalue weighted by Crippen LogP contribution is 2.35. The van der Waals surface area contributed by atoms with Gasteiger partial charge in [-0.2, -0.15) is 0 Å². The average Bonchev–Trinajstić information content (AvgIpc) is 2.73. The lowest BCUT2D eigenvalue weighted by molar-refractivity contribution is -0.161. The lowest BCUT2D eigenvalue weighted by Gasteiger charge is -2.18. The number of nitrogens with one attached hydrogen (secondary N) is 1. The van der Waals surface area contributed by atoms with Gasteiger partial charge in [-0.1, -0.05) is 58.3 Å². The van der Waals surface area contributed by atoms with Gasteiger partial charge < -0.3 is 24.6 Å². The Kier molecular flexibility index (Phi) is 19.0. The molecule has 33 heavy (non-hydrogen) atoms. The second-order valence-electron chi connectivity index (χ2n) is 8.10. The highest BCUT2D eigenvalue weighted by atomic mass is 31.2. The van der Waals surface area contributed by atoms with Crippen LogP contribution in [0.4, 0.5) is 0 Å². The molecule has 194 valence electrons. The summed E-state index contributed by atoms with van der Waals surface area (Å²) in [4.78, 5) is 52.5. The van der Waals surface area contributed by atoms with Gasteiger partial charge >= 0.3 is 19.8 Å². The predicted octanol–water partition coefficient (Wildman–Crippen LogP) is 3.78. The van der Waals surface area contributed by atoms with Crippen molar-refractivity contribution in [2.45, 2.75) is 103 Å². The summed E-state index contributed by atoms with van der Waals surface area (Å²) in [6.45, 7) is 3.39. The van der Waals surface area contributed by atoms with Gasteiger partial charge in [-0.05, 0) is 19.3 Å². The van der Waals surface area contributed by atoms with Gasteiger partial charge in [0, 0.05) is 26.3 Å². The molecule has 0 saturated heterocycles. The molecule has 1 amide bonds. The van der Waals surface area contributed by atoms with Crippen molar-refractivity contribution < 1.29 is 42.7 Å². The molecule has 11 heteroatoms. The first-order chi connectivity index (χ1) is 15.6. The van der Waals surface area contributed by atoms with E-state index in [1.54, 1.807) is 0 Å². The molecule has 1 atom stereocenters. The van der Waals surface area contributed by atoms with Crippen LogP contribution in [-0.4, -0.2) is 53.5 Å². The molecule has 0 aliphatic carbocycles. The number of ether oxygens (including phenoxy) is 2. The third kappa shape index (κ3) is 23.5. The molecule has 0 heterocycles. The number of phosphoric acid groups is 1. The van der Waals surface area contributed by atoms with E-state index in [-0.39, 0.29) is 25.4 Å². The maximum atomic E-state index is 12.0. The predicted molar refractivity (Wildman–Crippen MR) is 123 cm³/mol. The minimum atomic E-state index is -4.74. The van der Waals surface area contributed by atoms with E-state index in [0.717, 1.165) is 57.8 Å². The minimum absolute atomic E-state index is 0.0266. The summed E-state index contributed by atoms with van der Waals surface area (Å²) in [5.74, 6) is -1.00. The lowest BCUT2D eigenvalue weighted by atomic mass is 10.1. The molecule has 0 aromatic heterocycles. The summed E-state index contributed by atoms with van der Waals surface area (Å²) in [6.07, 6.45) is 9.57. The smallest absolute Gasteiger partial charge is 0.462 e. The van der Waals surface area contributed by atoms with Gasteiger partial charge in [0.15, 0.2) is 6.10 Å². The number of carbonyl (C=O) groups is 3. The Morgan fingerprint density at radius 1 is 0.818 bits per heavy atom. The largest absolute Gasteiger partial charge is 0.469 e. The topological polar surface area (TPSA) is 148 Å². The zero-order chi connectivity index (χ0) is 25.0. The zero-order valence-corrected chi connectivity index (χ0v) is 21.0. The van der Waals surface area contributed by atoms with Crippen molar-refractivity contribution in [1.29, 1.82) is 0 Å². The van der Waals surface area contributed by atoms with Gasteiger partial charge in [-0.25, -0.2) is 4.57 Å². The van der Waals surface area contributed by atoms with Crippen molar-refractivity contribution in [1.82, 2.24) is 5.32 Å². The molecule has 3 N–H and O–H groups in total. The minimum Gasteiger partial charge on any atom is -0.462 e. The second-order valence-corrected chi connectivity index (χ2v) is 9.34. The standard InChI is InChI=1S/C22H42NO9P/c1-3-4-5-8-12-15-22(26)32-20(18-31-33(27,28)29)17-30-21(25)14-11-9-6-7-10-13-16-23-19(2)24/h20H,3-18H2,1-2H3,(H,23,24)(H2,27,28,29)/t20-/m1/s1. The maximum Gasteiger partial charge on any atom is 0.469 e. The fourth-order valence-electron chi connectivity index (χ4n) is 3.04. The van der Waals surface area contributed by atoms with E-state index in [2.05, 4.69) is 16.8 Å². The second kappa shape index (κ2) is 19.9. The molecule has 0 radical (unpaired) electrons. The molecular weight excluding hydrogens is 453 g/mol. The van der Waals surface area contributed by atoms with Crippen LogP contribution < -0.4 is 5.32 Å². The Morgan fingerprint density at radius 3 is 1.94 bits per heavy atom. The molecular formula is C22H42NO9P. The molecule has 0 aliphatic rings. The van der Waals surface area contributed by atoms with Gasteiger partial charge in [0.2, 0.25) is 5.91 Å². The van der Waals surface area contributed by atoms with Crippen molar-refractivity contribution in [3.8, 4) is 0 Å². The first-order valence-corrected chi connectivity index (χ1v) is 13.5. The van der Waals surface area contributed by atoms with Gasteiger partial charge in [0.25, 0.3) is 0 Å². The van der Waals surface area contributed by atoms with Crippen molar-refractivity contribution in [2.75, 3.05) is 19.8 Å². The van der Waals surface area contributed by atoms with Crippen molar-refractivity contribution in [2.24, 2.45) is 0 Å². The van der Waals surface area contributed by atoms with Crippen LogP contribution in [-0.2, 0) is 32.9 Å². The summed E-state index contributed by atoms with van der Waals surface area (Å²) in [6, 6.07) is 0. The SMILES string of the molecule is CCCCCCCC(=O)O[C@H](COC(=O)CCCCCCCCNC(C)=O)COP(=O)(O)O. The zero-order valence-electron chi connectivity index (χ0n) is 20.1. The summed E-state index contributed by atoms with van der Waals surface area (Å²) < 4.78 is 25.7. The van der Waals surface area contributed by atoms with E-state index in [1.165, 1.54) is 6.92 Å². The van der Waals surface area contributed by atoms with E-state index in [0.29, 0.717) is 19.4 Å². The Labute approximate surface area is 197 Å². The van der Waals surface area contributed by atoms with Crippen LogP contribution in [0.2, 0.25) is 0 Å². The third-order valence-electron chi connectivity index (χ3n) is 4.82. The number of amides is 1. The van der Waals surface area contributed by atoms with Crippen LogP contribution in [0.15, 0.2) is 0 Å². The van der Waals surface area contributed by atoms with Crippen molar-refractivity contribution in [3.05, 3.63) is 0 Å². The molecule has 0 rings (SSSR count). The van der Waals surface area contributed by atoms with Crippen LogP contribution in [0.1, 0.15) is 97.3 Å². The highest BCUT2D eigenvalue weighted by Gasteiger charge is 2.22. The van der Waals surface area contributed by atoms with Gasteiger partial charge in [-0.3, -0.25) is 18.9 Å². The molecule has 0 saturated carbocycles. The summed E-state index contributed by atoms with van der Waals surface area (Å²) in [5.41, 5.74) is 0. The van der Waals surface area contributed by atoms with Crippen LogP contribution in [0.5, 0.6) is 0 Å². The molecule has 0 aliphatic heterocycles. The van der Waals surface area contributed by atoms with Gasteiger partial charge in [-0.15, -0.1) is 0 Å². The average molecular weight is 496 g/mol.